The van der Waals surface area contributed by atoms with Crippen LogP contribution in [0.4, 0.5) is 10.2 Å². The predicted octanol–water partition coefficient (Wildman–Crippen LogP) is 5.41. The molecule has 0 saturated heterocycles. The van der Waals surface area contributed by atoms with Gasteiger partial charge < -0.3 is 14.8 Å². The molecule has 0 aromatic carbocycles. The van der Waals surface area contributed by atoms with E-state index >= 15 is 4.39 Å². The van der Waals surface area contributed by atoms with Crippen LogP contribution in [0.3, 0.4) is 0 Å². The molecule has 3 saturated carbocycles. The summed E-state index contributed by atoms with van der Waals surface area (Å²) in [5.41, 5.74) is -0.470. The van der Waals surface area contributed by atoms with Crippen molar-refractivity contribution >= 4 is 45.0 Å². The second-order valence-corrected chi connectivity index (χ2v) is 11.3. The summed E-state index contributed by atoms with van der Waals surface area (Å²) in [4.78, 5) is 34.1. The number of carbonyl (C=O) groups excluding carboxylic acids is 2. The number of rotatable bonds is 6. The number of nitrogens with zero attached hydrogens (tertiary/aromatic N) is 2. The smallest absolute Gasteiger partial charge is 0.314 e. The van der Waals surface area contributed by atoms with E-state index in [0.717, 1.165) is 25.7 Å². The average Bonchev–Trinajstić information content (AvgIpc) is 3.30. The Morgan fingerprint density at radius 2 is 1.88 bits per heavy atom. The summed E-state index contributed by atoms with van der Waals surface area (Å²) in [6.45, 7) is 4.77. The van der Waals surface area contributed by atoms with E-state index in [0.29, 0.717) is 4.88 Å². The van der Waals surface area contributed by atoms with E-state index in [1.54, 1.807) is 26.8 Å². The molecule has 5 rings (SSSR count). The Morgan fingerprint density at radius 1 is 1.18 bits per heavy atom. The number of halogens is 2. The third-order valence-electron chi connectivity index (χ3n) is 6.38. The number of hydrogen-bond acceptors (Lipinski definition) is 8. The molecule has 2 atom stereocenters. The summed E-state index contributed by atoms with van der Waals surface area (Å²) in [5, 5.41) is 5.08. The molecule has 33 heavy (non-hydrogen) atoms. The van der Waals surface area contributed by atoms with Crippen molar-refractivity contribution in [3.05, 3.63) is 28.1 Å². The number of hydrogen-bond donors (Lipinski definition) is 1. The summed E-state index contributed by atoms with van der Waals surface area (Å²) >= 11 is 4.67. The molecule has 3 aliphatic rings. The van der Waals surface area contributed by atoms with Crippen molar-refractivity contribution < 1.29 is 23.5 Å². The number of thiophene rings is 1. The Balaban J connectivity index is 1.52. The van der Waals surface area contributed by atoms with E-state index < -0.39 is 35.9 Å². The van der Waals surface area contributed by atoms with Gasteiger partial charge >= 0.3 is 11.9 Å². The van der Waals surface area contributed by atoms with Gasteiger partial charge in [-0.15, -0.1) is 11.3 Å². The van der Waals surface area contributed by atoms with Crippen LogP contribution in [0.15, 0.2) is 22.2 Å². The molecular weight excluding hydrogens is 513 g/mol. The number of carbonyl (C=O) groups is 2. The van der Waals surface area contributed by atoms with Crippen LogP contribution >= 0.6 is 27.3 Å². The predicted molar refractivity (Wildman–Crippen MR) is 126 cm³/mol. The highest BCUT2D eigenvalue weighted by Crippen LogP contribution is 2.47. The first-order valence-electron chi connectivity index (χ1n) is 11.0. The largest absolute Gasteiger partial charge is 0.428 e. The Morgan fingerprint density at radius 3 is 2.52 bits per heavy atom. The Hall–Kier alpha value is -2.07. The van der Waals surface area contributed by atoms with Crippen molar-refractivity contribution in [2.24, 2.45) is 23.2 Å². The fourth-order valence-corrected chi connectivity index (χ4v) is 5.76. The zero-order valence-corrected chi connectivity index (χ0v) is 21.2. The lowest BCUT2D eigenvalue weighted by atomic mass is 9.61. The van der Waals surface area contributed by atoms with Gasteiger partial charge in [0.05, 0.1) is 16.2 Å². The van der Waals surface area contributed by atoms with Crippen LogP contribution in [0.1, 0.15) is 46.5 Å². The molecule has 0 radical (unpaired) electrons. The second-order valence-electron chi connectivity index (χ2n) is 9.61. The van der Waals surface area contributed by atoms with Crippen LogP contribution < -0.4 is 5.32 Å². The van der Waals surface area contributed by atoms with Crippen molar-refractivity contribution in [1.29, 1.82) is 0 Å². The maximum atomic E-state index is 15.4. The van der Waals surface area contributed by atoms with Gasteiger partial charge in [0.2, 0.25) is 6.79 Å². The molecule has 0 unspecified atom stereocenters. The number of anilines is 1. The minimum absolute atomic E-state index is 0.0646. The molecule has 0 amide bonds. The normalized spacial score (nSPS) is 24.4. The van der Waals surface area contributed by atoms with Gasteiger partial charge in [-0.05, 0) is 85.7 Å². The lowest BCUT2D eigenvalue weighted by Crippen LogP contribution is -2.52. The molecule has 2 aromatic rings. The zero-order chi connectivity index (χ0) is 23.8. The molecule has 10 heteroatoms. The van der Waals surface area contributed by atoms with Gasteiger partial charge in [0.25, 0.3) is 0 Å². The van der Waals surface area contributed by atoms with E-state index in [1.165, 1.54) is 11.3 Å². The molecule has 0 aliphatic heterocycles. The van der Waals surface area contributed by atoms with Crippen LogP contribution in [0, 0.1) is 29.0 Å². The SMILES string of the molecule is CC(C)(C)C(=O)OCOC(=O)[C@H]1C2CCC(CC2)[C@@H]1Nc1nc(Br)nc(-c2cccs2)c1F. The van der Waals surface area contributed by atoms with Gasteiger partial charge in [-0.3, -0.25) is 9.59 Å². The van der Waals surface area contributed by atoms with Gasteiger partial charge in [-0.2, -0.15) is 0 Å². The summed E-state index contributed by atoms with van der Waals surface area (Å²) in [7, 11) is 0. The van der Waals surface area contributed by atoms with Crippen LogP contribution in [0.2, 0.25) is 0 Å². The van der Waals surface area contributed by atoms with Crippen molar-refractivity contribution in [3.8, 4) is 10.6 Å². The highest BCUT2D eigenvalue weighted by molar-refractivity contribution is 9.10. The molecule has 2 bridgehead atoms. The van der Waals surface area contributed by atoms with E-state index in [2.05, 4.69) is 31.2 Å². The van der Waals surface area contributed by atoms with Gasteiger partial charge in [0.15, 0.2) is 16.4 Å². The first-order valence-corrected chi connectivity index (χ1v) is 12.7. The molecular formula is C23H27BrFN3O4S. The van der Waals surface area contributed by atoms with Crippen LogP contribution in [0.25, 0.3) is 10.6 Å². The topological polar surface area (TPSA) is 90.4 Å². The minimum Gasteiger partial charge on any atom is -0.428 e. The maximum absolute atomic E-state index is 15.4. The lowest BCUT2D eigenvalue weighted by molar-refractivity contribution is -0.178. The Labute approximate surface area is 204 Å². The fourth-order valence-electron chi connectivity index (χ4n) is 4.70. The number of ether oxygens (including phenoxy) is 2. The monoisotopic (exact) mass is 539 g/mol. The van der Waals surface area contributed by atoms with E-state index in [9.17, 15) is 9.59 Å². The van der Waals surface area contributed by atoms with Crippen molar-refractivity contribution in [2.75, 3.05) is 12.1 Å². The molecule has 1 N–H and O–H groups in total. The molecule has 2 aromatic heterocycles. The summed E-state index contributed by atoms with van der Waals surface area (Å²) in [5.74, 6) is -1.50. The quantitative estimate of drug-likeness (QED) is 0.298. The highest BCUT2D eigenvalue weighted by atomic mass is 79.9. The van der Waals surface area contributed by atoms with Gasteiger partial charge in [-0.25, -0.2) is 14.4 Å². The van der Waals surface area contributed by atoms with E-state index in [4.69, 9.17) is 9.47 Å². The first kappa shape index (κ1) is 24.1. The Kier molecular flexibility index (Phi) is 7.04. The van der Waals surface area contributed by atoms with Crippen LogP contribution in [-0.4, -0.2) is 34.7 Å². The average molecular weight is 540 g/mol. The highest BCUT2D eigenvalue weighted by Gasteiger charge is 2.48. The van der Waals surface area contributed by atoms with Crippen LogP contribution in [-0.2, 0) is 19.1 Å². The van der Waals surface area contributed by atoms with Crippen molar-refractivity contribution in [2.45, 2.75) is 52.5 Å². The zero-order valence-electron chi connectivity index (χ0n) is 18.8. The molecule has 178 valence electrons. The summed E-state index contributed by atoms with van der Waals surface area (Å²) < 4.78 is 26.1. The van der Waals surface area contributed by atoms with Gasteiger partial charge in [0.1, 0.15) is 5.69 Å². The number of esters is 2. The van der Waals surface area contributed by atoms with Crippen molar-refractivity contribution in [1.82, 2.24) is 9.97 Å². The second kappa shape index (κ2) is 9.66. The molecule has 7 nitrogen and oxygen atoms in total. The van der Waals surface area contributed by atoms with E-state index in [-0.39, 0.29) is 34.1 Å². The molecule has 2 heterocycles. The van der Waals surface area contributed by atoms with Gasteiger partial charge in [0, 0.05) is 6.04 Å². The molecule has 0 spiro atoms. The first-order chi connectivity index (χ1) is 15.6. The number of fused-ring (bicyclic) bond motifs is 3. The number of nitrogens with one attached hydrogen (secondary N) is 1. The fraction of sp³-hybridized carbons (Fsp3) is 0.565. The van der Waals surface area contributed by atoms with Gasteiger partial charge in [-0.1, -0.05) is 6.07 Å². The van der Waals surface area contributed by atoms with E-state index in [1.807, 2.05) is 11.4 Å². The lowest BCUT2D eigenvalue weighted by Gasteiger charge is -2.47. The Bertz CT molecular complexity index is 1020. The summed E-state index contributed by atoms with van der Waals surface area (Å²) in [6.07, 6.45) is 3.75. The van der Waals surface area contributed by atoms with Crippen LogP contribution in [0.5, 0.6) is 0 Å². The molecule has 3 aliphatic carbocycles. The minimum atomic E-state index is -0.682. The van der Waals surface area contributed by atoms with Crippen molar-refractivity contribution in [3.63, 3.8) is 0 Å². The third-order valence-corrected chi connectivity index (χ3v) is 7.61. The summed E-state index contributed by atoms with van der Waals surface area (Å²) in [6, 6.07) is 3.31. The standard InChI is InChI=1S/C23H27BrFN3O4S/c1-23(2,3)21(30)32-11-31-20(29)15-12-6-8-13(9-7-12)17(15)26-19-16(25)18(27-22(24)28-19)14-5-4-10-33-14/h4-5,10,12-13,15,17H,6-9,11H2,1-3H3,(H,26,27,28)/t12?,13?,15-,17-/m0/s1. The number of aromatic nitrogens is 2. The third kappa shape index (κ3) is 5.21. The molecule has 3 fully saturated rings. The maximum Gasteiger partial charge on any atom is 0.314 e.